The fraction of sp³-hybridized carbons (Fsp3) is 0.400. The van der Waals surface area contributed by atoms with Crippen LogP contribution in [0.4, 0.5) is 0 Å². The Bertz CT molecular complexity index is 453. The Kier molecular flexibility index (Phi) is 4.54. The van der Waals surface area contributed by atoms with Crippen molar-refractivity contribution < 1.29 is 14.6 Å². The van der Waals surface area contributed by atoms with Crippen molar-refractivity contribution in [3.63, 3.8) is 0 Å². The lowest BCUT2D eigenvalue weighted by atomic mass is 9.85. The summed E-state index contributed by atoms with van der Waals surface area (Å²) in [6.07, 6.45) is 3.02. The molecule has 3 nitrogen and oxygen atoms in total. The Morgan fingerprint density at radius 3 is 2.61 bits per heavy atom. The maximum Gasteiger partial charge on any atom is 0.330 e. The number of hydrogen-bond donors (Lipinski definition) is 1. The highest BCUT2D eigenvalue weighted by Gasteiger charge is 2.18. The van der Waals surface area contributed by atoms with Gasteiger partial charge in [0.1, 0.15) is 12.4 Å². The number of benzene rings is 1. The second-order valence-electron chi connectivity index (χ2n) is 5.21. The van der Waals surface area contributed by atoms with Crippen LogP contribution in [0.2, 0.25) is 0 Å². The summed E-state index contributed by atoms with van der Waals surface area (Å²) in [5.41, 5.74) is 1.57. The van der Waals surface area contributed by atoms with E-state index in [0.717, 1.165) is 11.1 Å². The van der Waals surface area contributed by atoms with Crippen LogP contribution in [-0.4, -0.2) is 11.1 Å². The lowest BCUT2D eigenvalue weighted by Gasteiger charge is -2.21. The van der Waals surface area contributed by atoms with E-state index in [9.17, 15) is 9.90 Å². The monoisotopic (exact) mass is 248 g/mol. The molecule has 0 aromatic heterocycles. The standard InChI is InChI=1S/C15H20O3/c1-5-6-14(17)18-10-11-7-8-13(16)12(9-11)15(2,3)4/h5-9,16H,10H2,1-4H3. The van der Waals surface area contributed by atoms with Crippen molar-refractivity contribution in [2.45, 2.75) is 39.7 Å². The quantitative estimate of drug-likeness (QED) is 0.659. The lowest BCUT2D eigenvalue weighted by molar-refractivity contribution is -0.139. The molecule has 0 aliphatic heterocycles. The Labute approximate surface area is 108 Å². The van der Waals surface area contributed by atoms with Crippen LogP contribution in [0.1, 0.15) is 38.8 Å². The molecule has 0 aliphatic rings. The van der Waals surface area contributed by atoms with Crippen molar-refractivity contribution in [1.82, 2.24) is 0 Å². The maximum absolute atomic E-state index is 11.2. The number of carbonyl (C=O) groups excluding carboxylic acids is 1. The summed E-state index contributed by atoms with van der Waals surface area (Å²) in [7, 11) is 0. The smallest absolute Gasteiger partial charge is 0.330 e. The Hall–Kier alpha value is -1.77. The molecule has 0 saturated carbocycles. The highest BCUT2D eigenvalue weighted by atomic mass is 16.5. The van der Waals surface area contributed by atoms with Gasteiger partial charge in [-0.2, -0.15) is 0 Å². The third kappa shape index (κ3) is 3.91. The average Bonchev–Trinajstić information content (AvgIpc) is 2.27. The van der Waals surface area contributed by atoms with Gasteiger partial charge in [-0.1, -0.05) is 32.9 Å². The van der Waals surface area contributed by atoms with Crippen LogP contribution in [0, 0.1) is 0 Å². The predicted octanol–water partition coefficient (Wildman–Crippen LogP) is 3.31. The summed E-state index contributed by atoms with van der Waals surface area (Å²) in [6.45, 7) is 8.05. The normalized spacial score (nSPS) is 11.8. The van der Waals surface area contributed by atoms with Crippen molar-refractivity contribution in [3.8, 4) is 5.75 Å². The van der Waals surface area contributed by atoms with Crippen LogP contribution in [0.25, 0.3) is 0 Å². The number of phenols is 1. The summed E-state index contributed by atoms with van der Waals surface area (Å²) >= 11 is 0. The first-order valence-electron chi connectivity index (χ1n) is 5.96. The number of ether oxygens (including phenoxy) is 1. The lowest BCUT2D eigenvalue weighted by Crippen LogP contribution is -2.12. The first kappa shape index (κ1) is 14.3. The largest absolute Gasteiger partial charge is 0.508 e. The van der Waals surface area contributed by atoms with E-state index in [1.165, 1.54) is 6.08 Å². The van der Waals surface area contributed by atoms with Gasteiger partial charge in [0.15, 0.2) is 0 Å². The molecular formula is C15H20O3. The van der Waals surface area contributed by atoms with Crippen molar-refractivity contribution in [3.05, 3.63) is 41.5 Å². The van der Waals surface area contributed by atoms with E-state index >= 15 is 0 Å². The molecule has 1 aromatic rings. The molecule has 0 amide bonds. The number of aromatic hydroxyl groups is 1. The number of phenolic OH excluding ortho intramolecular Hbond substituents is 1. The first-order valence-corrected chi connectivity index (χ1v) is 5.96. The molecule has 0 atom stereocenters. The number of carbonyl (C=O) groups is 1. The van der Waals surface area contributed by atoms with Gasteiger partial charge in [0.25, 0.3) is 0 Å². The van der Waals surface area contributed by atoms with Gasteiger partial charge < -0.3 is 9.84 Å². The van der Waals surface area contributed by atoms with Gasteiger partial charge in [0.05, 0.1) is 0 Å². The molecule has 0 radical (unpaired) electrons. The molecule has 18 heavy (non-hydrogen) atoms. The highest BCUT2D eigenvalue weighted by molar-refractivity contribution is 5.81. The minimum absolute atomic E-state index is 0.145. The summed E-state index contributed by atoms with van der Waals surface area (Å²) in [5, 5.41) is 9.81. The number of hydrogen-bond acceptors (Lipinski definition) is 3. The van der Waals surface area contributed by atoms with Crippen molar-refractivity contribution in [2.24, 2.45) is 0 Å². The molecule has 1 aromatic carbocycles. The number of rotatable bonds is 3. The van der Waals surface area contributed by atoms with Crippen molar-refractivity contribution in [1.29, 1.82) is 0 Å². The molecule has 0 saturated heterocycles. The second-order valence-corrected chi connectivity index (χ2v) is 5.21. The molecule has 0 fully saturated rings. The zero-order valence-corrected chi connectivity index (χ0v) is 11.4. The average molecular weight is 248 g/mol. The van der Waals surface area contributed by atoms with Gasteiger partial charge in [-0.25, -0.2) is 4.79 Å². The van der Waals surface area contributed by atoms with Crippen LogP contribution in [0.5, 0.6) is 5.75 Å². The van der Waals surface area contributed by atoms with E-state index in [1.54, 1.807) is 25.1 Å². The van der Waals surface area contributed by atoms with Gasteiger partial charge >= 0.3 is 5.97 Å². The molecule has 0 aliphatic carbocycles. The Morgan fingerprint density at radius 1 is 1.39 bits per heavy atom. The third-order valence-electron chi connectivity index (χ3n) is 2.55. The predicted molar refractivity (Wildman–Crippen MR) is 71.4 cm³/mol. The van der Waals surface area contributed by atoms with Gasteiger partial charge in [-0.15, -0.1) is 0 Å². The SMILES string of the molecule is CC=CC(=O)OCc1ccc(O)c(C(C)(C)C)c1. The zero-order chi connectivity index (χ0) is 13.8. The molecule has 0 spiro atoms. The van der Waals surface area contributed by atoms with Crippen molar-refractivity contribution in [2.75, 3.05) is 0 Å². The van der Waals surface area contributed by atoms with Crippen molar-refractivity contribution >= 4 is 5.97 Å². The molecule has 0 heterocycles. The minimum Gasteiger partial charge on any atom is -0.508 e. The fourth-order valence-electron chi connectivity index (χ4n) is 1.61. The van der Waals surface area contributed by atoms with Crippen LogP contribution in [0.3, 0.4) is 0 Å². The van der Waals surface area contributed by atoms with E-state index in [0.29, 0.717) is 0 Å². The second kappa shape index (κ2) is 5.71. The molecule has 98 valence electrons. The third-order valence-corrected chi connectivity index (χ3v) is 2.55. The molecule has 3 heteroatoms. The minimum atomic E-state index is -0.358. The zero-order valence-electron chi connectivity index (χ0n) is 11.4. The first-order chi connectivity index (χ1) is 8.34. The number of esters is 1. The molecule has 1 rings (SSSR count). The summed E-state index contributed by atoms with van der Waals surface area (Å²) in [5.74, 6) is -0.0890. The van der Waals surface area contributed by atoms with E-state index in [2.05, 4.69) is 0 Å². The van der Waals surface area contributed by atoms with E-state index in [-0.39, 0.29) is 23.7 Å². The number of allylic oxidation sites excluding steroid dienone is 1. The molecular weight excluding hydrogens is 228 g/mol. The van der Waals surface area contributed by atoms with Crippen LogP contribution >= 0.6 is 0 Å². The topological polar surface area (TPSA) is 46.5 Å². The van der Waals surface area contributed by atoms with E-state index < -0.39 is 0 Å². The van der Waals surface area contributed by atoms with E-state index in [1.807, 2.05) is 26.8 Å². The van der Waals surface area contributed by atoms with Gasteiger partial charge in [-0.3, -0.25) is 0 Å². The summed E-state index contributed by atoms with van der Waals surface area (Å²) < 4.78 is 5.07. The van der Waals surface area contributed by atoms with Gasteiger partial charge in [0.2, 0.25) is 0 Å². The van der Waals surface area contributed by atoms with Gasteiger partial charge in [0, 0.05) is 6.08 Å². The van der Waals surface area contributed by atoms with E-state index in [4.69, 9.17) is 4.74 Å². The summed E-state index contributed by atoms with van der Waals surface area (Å²) in [6, 6.07) is 5.27. The molecule has 0 bridgehead atoms. The Balaban J connectivity index is 2.83. The highest BCUT2D eigenvalue weighted by Crippen LogP contribution is 2.31. The Morgan fingerprint density at radius 2 is 2.06 bits per heavy atom. The fourth-order valence-corrected chi connectivity index (χ4v) is 1.61. The maximum atomic E-state index is 11.2. The summed E-state index contributed by atoms with van der Waals surface area (Å²) in [4.78, 5) is 11.2. The van der Waals surface area contributed by atoms with Crippen LogP contribution in [0.15, 0.2) is 30.4 Å². The van der Waals surface area contributed by atoms with Crippen LogP contribution < -0.4 is 0 Å². The molecule has 1 N–H and O–H groups in total. The molecule has 0 unspecified atom stereocenters. The van der Waals surface area contributed by atoms with Gasteiger partial charge in [-0.05, 0) is 35.6 Å². The van der Waals surface area contributed by atoms with Crippen LogP contribution in [-0.2, 0) is 21.6 Å².